The Bertz CT molecular complexity index is 425. The molecule has 3 rings (SSSR count). The van der Waals surface area contributed by atoms with Gasteiger partial charge in [0, 0.05) is 30.9 Å². The largest absolute Gasteiger partial charge is 0.366 e. The summed E-state index contributed by atoms with van der Waals surface area (Å²) < 4.78 is 0. The molecule has 2 aliphatic rings. The summed E-state index contributed by atoms with van der Waals surface area (Å²) in [6.07, 6.45) is 5.50. The van der Waals surface area contributed by atoms with Gasteiger partial charge in [0.15, 0.2) is 0 Å². The van der Waals surface area contributed by atoms with Crippen molar-refractivity contribution in [3.05, 3.63) is 29.3 Å². The van der Waals surface area contributed by atoms with Crippen LogP contribution in [-0.2, 0) is 0 Å². The summed E-state index contributed by atoms with van der Waals surface area (Å²) in [4.78, 5) is 2.65. The van der Waals surface area contributed by atoms with Crippen LogP contribution in [0.5, 0.6) is 0 Å². The molecule has 1 aliphatic carbocycles. The van der Waals surface area contributed by atoms with Crippen LogP contribution in [-0.4, -0.2) is 25.2 Å². The second-order valence-corrected chi connectivity index (χ2v) is 5.87. The van der Waals surface area contributed by atoms with Gasteiger partial charge in [-0.25, -0.2) is 0 Å². The summed E-state index contributed by atoms with van der Waals surface area (Å²) >= 11 is 0. The molecule has 1 heterocycles. The predicted octanol–water partition coefficient (Wildman–Crippen LogP) is 3.02. The smallest absolute Gasteiger partial charge is 0.0443 e. The highest BCUT2D eigenvalue weighted by Crippen LogP contribution is 2.30. The van der Waals surface area contributed by atoms with Gasteiger partial charge in [0.05, 0.1) is 0 Å². The van der Waals surface area contributed by atoms with E-state index < -0.39 is 0 Å². The number of nitrogens with zero attached hydrogens (tertiary/aromatic N) is 1. The van der Waals surface area contributed by atoms with E-state index in [0.29, 0.717) is 6.04 Å². The van der Waals surface area contributed by atoms with E-state index in [1.165, 1.54) is 42.5 Å². The maximum Gasteiger partial charge on any atom is 0.0443 e. The summed E-state index contributed by atoms with van der Waals surface area (Å²) in [6.45, 7) is 6.71. The van der Waals surface area contributed by atoms with Gasteiger partial charge >= 0.3 is 0 Å². The SMILES string of the molecule is Cc1ccc(N2CCN[C@@H]3CCCC[C@H]32)cc1C. The normalized spacial score (nSPS) is 28.0. The first kappa shape index (κ1) is 12.0. The first-order valence-corrected chi connectivity index (χ1v) is 7.33. The van der Waals surface area contributed by atoms with Gasteiger partial charge in [-0.05, 0) is 49.9 Å². The fraction of sp³-hybridized carbons (Fsp3) is 0.625. The Balaban J connectivity index is 1.87. The molecule has 2 atom stereocenters. The average molecular weight is 244 g/mol. The number of hydrogen-bond acceptors (Lipinski definition) is 2. The fourth-order valence-corrected chi connectivity index (χ4v) is 3.48. The van der Waals surface area contributed by atoms with Crippen molar-refractivity contribution in [2.75, 3.05) is 18.0 Å². The third-order valence-corrected chi connectivity index (χ3v) is 4.71. The molecule has 0 bridgehead atoms. The molecule has 1 saturated carbocycles. The monoisotopic (exact) mass is 244 g/mol. The Morgan fingerprint density at radius 3 is 2.78 bits per heavy atom. The van der Waals surface area contributed by atoms with Gasteiger partial charge in [-0.1, -0.05) is 18.9 Å². The maximum atomic E-state index is 3.71. The lowest BCUT2D eigenvalue weighted by Gasteiger charge is -2.46. The standard InChI is InChI=1S/C16H24N2/c1-12-7-8-14(11-13(12)2)18-10-9-17-15-5-3-4-6-16(15)18/h7-8,11,15-17H,3-6,9-10H2,1-2H3/t15-,16-/m1/s1. The number of anilines is 1. The molecular weight excluding hydrogens is 220 g/mol. The zero-order valence-corrected chi connectivity index (χ0v) is 11.6. The van der Waals surface area contributed by atoms with Crippen molar-refractivity contribution in [3.63, 3.8) is 0 Å². The lowest BCUT2D eigenvalue weighted by atomic mass is 9.87. The number of aryl methyl sites for hydroxylation is 2. The minimum Gasteiger partial charge on any atom is -0.366 e. The van der Waals surface area contributed by atoms with Crippen LogP contribution in [0.15, 0.2) is 18.2 Å². The Kier molecular flexibility index (Phi) is 3.29. The summed E-state index contributed by atoms with van der Waals surface area (Å²) in [5, 5.41) is 3.71. The second kappa shape index (κ2) is 4.93. The molecule has 0 aromatic heterocycles. The van der Waals surface area contributed by atoms with Crippen molar-refractivity contribution >= 4 is 5.69 Å². The highest BCUT2D eigenvalue weighted by Gasteiger charge is 2.32. The Hall–Kier alpha value is -1.02. The van der Waals surface area contributed by atoms with Crippen molar-refractivity contribution in [1.82, 2.24) is 5.32 Å². The van der Waals surface area contributed by atoms with E-state index in [4.69, 9.17) is 0 Å². The fourth-order valence-electron chi connectivity index (χ4n) is 3.48. The number of nitrogens with one attached hydrogen (secondary N) is 1. The molecule has 0 spiro atoms. The van der Waals surface area contributed by atoms with E-state index in [2.05, 4.69) is 42.3 Å². The van der Waals surface area contributed by atoms with Gasteiger partial charge in [-0.15, -0.1) is 0 Å². The highest BCUT2D eigenvalue weighted by atomic mass is 15.2. The minimum absolute atomic E-state index is 0.717. The van der Waals surface area contributed by atoms with Gasteiger partial charge in [-0.3, -0.25) is 0 Å². The van der Waals surface area contributed by atoms with Crippen molar-refractivity contribution in [1.29, 1.82) is 0 Å². The van der Waals surface area contributed by atoms with Crippen LogP contribution in [0.2, 0.25) is 0 Å². The van der Waals surface area contributed by atoms with Gasteiger partial charge in [0.2, 0.25) is 0 Å². The Morgan fingerprint density at radius 2 is 1.94 bits per heavy atom. The molecule has 1 aromatic carbocycles. The summed E-state index contributed by atoms with van der Waals surface area (Å²) in [5.74, 6) is 0. The quantitative estimate of drug-likeness (QED) is 0.817. The van der Waals surface area contributed by atoms with E-state index in [0.717, 1.165) is 19.1 Å². The van der Waals surface area contributed by atoms with Gasteiger partial charge in [-0.2, -0.15) is 0 Å². The van der Waals surface area contributed by atoms with Crippen molar-refractivity contribution in [2.45, 2.75) is 51.6 Å². The van der Waals surface area contributed by atoms with Crippen molar-refractivity contribution in [2.24, 2.45) is 0 Å². The maximum absolute atomic E-state index is 3.71. The molecule has 1 saturated heterocycles. The first-order chi connectivity index (χ1) is 8.75. The van der Waals surface area contributed by atoms with E-state index in [-0.39, 0.29) is 0 Å². The Labute approximate surface area is 110 Å². The third kappa shape index (κ3) is 2.14. The zero-order chi connectivity index (χ0) is 12.5. The number of piperazine rings is 1. The summed E-state index contributed by atoms with van der Waals surface area (Å²) in [7, 11) is 0. The molecule has 2 fully saturated rings. The van der Waals surface area contributed by atoms with Crippen LogP contribution >= 0.6 is 0 Å². The van der Waals surface area contributed by atoms with E-state index in [1.54, 1.807) is 0 Å². The second-order valence-electron chi connectivity index (χ2n) is 5.87. The van der Waals surface area contributed by atoms with E-state index >= 15 is 0 Å². The molecular formula is C16H24N2. The average Bonchev–Trinajstić information content (AvgIpc) is 2.41. The van der Waals surface area contributed by atoms with Crippen LogP contribution in [0.25, 0.3) is 0 Å². The van der Waals surface area contributed by atoms with Crippen LogP contribution in [0.3, 0.4) is 0 Å². The molecule has 1 N–H and O–H groups in total. The van der Waals surface area contributed by atoms with Crippen molar-refractivity contribution < 1.29 is 0 Å². The number of fused-ring (bicyclic) bond motifs is 1. The Morgan fingerprint density at radius 1 is 1.11 bits per heavy atom. The van der Waals surface area contributed by atoms with Crippen LogP contribution in [0.4, 0.5) is 5.69 Å². The molecule has 0 amide bonds. The molecule has 0 radical (unpaired) electrons. The lowest BCUT2D eigenvalue weighted by Crippen LogP contribution is -2.59. The molecule has 2 heteroatoms. The zero-order valence-electron chi connectivity index (χ0n) is 11.6. The predicted molar refractivity (Wildman–Crippen MR) is 77.3 cm³/mol. The lowest BCUT2D eigenvalue weighted by molar-refractivity contribution is 0.284. The molecule has 2 nitrogen and oxygen atoms in total. The molecule has 1 aliphatic heterocycles. The number of rotatable bonds is 1. The van der Waals surface area contributed by atoms with Crippen LogP contribution < -0.4 is 10.2 Å². The van der Waals surface area contributed by atoms with Crippen molar-refractivity contribution in [3.8, 4) is 0 Å². The van der Waals surface area contributed by atoms with Crippen LogP contribution in [0.1, 0.15) is 36.8 Å². The van der Waals surface area contributed by atoms with Gasteiger partial charge < -0.3 is 10.2 Å². The number of benzene rings is 1. The third-order valence-electron chi connectivity index (χ3n) is 4.71. The van der Waals surface area contributed by atoms with Gasteiger partial charge in [0.25, 0.3) is 0 Å². The molecule has 0 unspecified atom stereocenters. The molecule has 18 heavy (non-hydrogen) atoms. The molecule has 98 valence electrons. The highest BCUT2D eigenvalue weighted by molar-refractivity contribution is 5.52. The summed E-state index contributed by atoms with van der Waals surface area (Å²) in [6, 6.07) is 8.37. The van der Waals surface area contributed by atoms with Gasteiger partial charge in [0.1, 0.15) is 0 Å². The summed E-state index contributed by atoms with van der Waals surface area (Å²) in [5.41, 5.74) is 4.24. The van der Waals surface area contributed by atoms with E-state index in [1.807, 2.05) is 0 Å². The number of hydrogen-bond donors (Lipinski definition) is 1. The minimum atomic E-state index is 0.717. The topological polar surface area (TPSA) is 15.3 Å². The van der Waals surface area contributed by atoms with E-state index in [9.17, 15) is 0 Å². The van der Waals surface area contributed by atoms with Crippen LogP contribution in [0, 0.1) is 13.8 Å². The molecule has 1 aromatic rings. The first-order valence-electron chi connectivity index (χ1n) is 7.33.